The monoisotopic (exact) mass is 802 g/mol. The van der Waals surface area contributed by atoms with Gasteiger partial charge in [-0.1, -0.05) is 0 Å². The first-order chi connectivity index (χ1) is 24.2. The molecule has 23 heteroatoms. The Morgan fingerprint density at radius 2 is 0.981 bits per heavy atom. The van der Waals surface area contributed by atoms with Gasteiger partial charge < -0.3 is 30.7 Å². The first kappa shape index (κ1) is 45.0. The van der Waals surface area contributed by atoms with Gasteiger partial charge in [-0.15, -0.1) is 0 Å². The average molecular weight is 803 g/mol. The van der Waals surface area contributed by atoms with Crippen molar-refractivity contribution in [3.05, 3.63) is 58.7 Å². The summed E-state index contributed by atoms with van der Waals surface area (Å²) in [6, 6.07) is 3.41. The summed E-state index contributed by atoms with van der Waals surface area (Å²) >= 11 is 4.94. The summed E-state index contributed by atoms with van der Waals surface area (Å²) < 4.78 is 150. The van der Waals surface area contributed by atoms with Crippen molar-refractivity contribution >= 4 is 45.9 Å². The Labute approximate surface area is 298 Å². The molecule has 0 aliphatic carbocycles. The molecule has 296 valence electrons. The van der Waals surface area contributed by atoms with E-state index in [1.165, 1.54) is 28.6 Å². The lowest BCUT2D eigenvalue weighted by Crippen LogP contribution is -2.47. The molecule has 10 nitrogen and oxygen atoms in total. The number of hydrogen-bond donors (Lipinski definition) is 3. The minimum absolute atomic E-state index is 0.194. The Bertz CT molecular complexity index is 1600. The molecule has 0 unspecified atom stereocenters. The summed E-state index contributed by atoms with van der Waals surface area (Å²) in [5.74, 6) is -5.70. The van der Waals surface area contributed by atoms with E-state index in [0.717, 1.165) is 25.2 Å². The molecular weight excluding hydrogens is 772 g/mol. The van der Waals surface area contributed by atoms with Crippen molar-refractivity contribution in [2.24, 2.45) is 0 Å². The molecule has 2 aromatic rings. The number of hydrogen-bond acceptors (Lipinski definition) is 7. The van der Waals surface area contributed by atoms with E-state index in [1.807, 2.05) is 4.90 Å². The number of benzene rings is 2. The Morgan fingerprint density at radius 1 is 0.604 bits per heavy atom. The molecule has 2 aromatic carbocycles. The van der Waals surface area contributed by atoms with Gasteiger partial charge in [0, 0.05) is 69.3 Å². The minimum atomic E-state index is -5.25. The fourth-order valence-electron chi connectivity index (χ4n) is 4.43. The highest BCUT2D eigenvalue weighted by atomic mass is 35.5. The third-order valence-electron chi connectivity index (χ3n) is 7.25. The predicted octanol–water partition coefficient (Wildman–Crippen LogP) is 5.70. The molecule has 0 radical (unpaired) electrons. The van der Waals surface area contributed by atoms with Crippen molar-refractivity contribution in [3.8, 4) is 0 Å². The minimum Gasteiger partial charge on any atom is -0.336 e. The van der Waals surface area contributed by atoms with Gasteiger partial charge in [0.05, 0.1) is 16.7 Å². The van der Waals surface area contributed by atoms with Crippen LogP contribution in [0.5, 0.6) is 0 Å². The number of halogens is 13. The van der Waals surface area contributed by atoms with Crippen LogP contribution in [-0.4, -0.2) is 116 Å². The zero-order valence-corrected chi connectivity index (χ0v) is 28.3. The highest BCUT2D eigenvalue weighted by molar-refractivity contribution is 6.68. The number of anilines is 2. The molecule has 2 fully saturated rings. The molecule has 3 amide bonds. The zero-order chi connectivity index (χ0) is 40.5. The summed E-state index contributed by atoms with van der Waals surface area (Å²) in [4.78, 5) is 50.2. The van der Waals surface area contributed by atoms with Gasteiger partial charge in [-0.3, -0.25) is 19.2 Å². The average Bonchev–Trinajstić information content (AvgIpc) is 3.04. The molecule has 2 heterocycles. The number of alkyl halides is 12. The molecule has 0 saturated carbocycles. The van der Waals surface area contributed by atoms with Crippen LogP contribution in [-0.2, 0) is 21.9 Å². The summed E-state index contributed by atoms with van der Waals surface area (Å²) in [5.41, 5.74) is -6.01. The van der Waals surface area contributed by atoms with Crippen LogP contribution >= 0.6 is 11.6 Å². The smallest absolute Gasteiger partial charge is 0.336 e. The van der Waals surface area contributed by atoms with E-state index in [2.05, 4.69) is 17.3 Å². The maximum Gasteiger partial charge on any atom is 0.471 e. The van der Waals surface area contributed by atoms with Gasteiger partial charge in [-0.05, 0) is 62.1 Å². The van der Waals surface area contributed by atoms with E-state index in [-0.39, 0.29) is 19.2 Å². The number of likely N-dealkylation sites (N-methyl/N-ethyl adjacent to an activating group) is 2. The second kappa shape index (κ2) is 18.3. The number of piperazine rings is 2. The topological polar surface area (TPSA) is 114 Å². The predicted molar refractivity (Wildman–Crippen MR) is 166 cm³/mol. The van der Waals surface area contributed by atoms with E-state index in [4.69, 9.17) is 11.6 Å². The van der Waals surface area contributed by atoms with Gasteiger partial charge in [0.1, 0.15) is 0 Å². The van der Waals surface area contributed by atoms with Crippen LogP contribution in [0.15, 0.2) is 36.4 Å². The van der Waals surface area contributed by atoms with Crippen molar-refractivity contribution in [1.82, 2.24) is 20.0 Å². The Hall–Kier alpha value is -4.15. The van der Waals surface area contributed by atoms with Crippen molar-refractivity contribution in [3.63, 3.8) is 0 Å². The Morgan fingerprint density at radius 3 is 1.32 bits per heavy atom. The van der Waals surface area contributed by atoms with E-state index in [1.54, 1.807) is 7.05 Å². The Kier molecular flexibility index (Phi) is 15.5. The van der Waals surface area contributed by atoms with Crippen LogP contribution in [0.2, 0.25) is 0 Å². The third-order valence-corrected chi connectivity index (χ3v) is 7.46. The van der Waals surface area contributed by atoms with E-state index in [0.29, 0.717) is 31.3 Å². The van der Waals surface area contributed by atoms with Gasteiger partial charge >= 0.3 is 36.5 Å². The van der Waals surface area contributed by atoms with Crippen LogP contribution in [0.4, 0.5) is 64.1 Å². The highest BCUT2D eigenvalue weighted by Gasteiger charge is 2.41. The number of nitrogens with one attached hydrogen (secondary N) is 3. The molecule has 2 aliphatic heterocycles. The summed E-state index contributed by atoms with van der Waals surface area (Å²) in [6.07, 6.45) is -20.5. The summed E-state index contributed by atoms with van der Waals surface area (Å²) in [7, 11) is 3.96. The number of carbonyl (C=O) groups excluding carboxylic acids is 4. The molecule has 53 heavy (non-hydrogen) atoms. The van der Waals surface area contributed by atoms with Gasteiger partial charge in [0.2, 0.25) is 0 Å². The fraction of sp³-hybridized carbons (Fsp3) is 0.467. The normalized spacial score (nSPS) is 16.0. The van der Waals surface area contributed by atoms with Crippen molar-refractivity contribution in [2.75, 3.05) is 77.1 Å². The van der Waals surface area contributed by atoms with Crippen LogP contribution in [0.3, 0.4) is 0 Å². The van der Waals surface area contributed by atoms with Gasteiger partial charge in [0.25, 0.3) is 11.1 Å². The lowest BCUT2D eigenvalue weighted by atomic mass is 10.0. The van der Waals surface area contributed by atoms with Crippen LogP contribution in [0.1, 0.15) is 31.8 Å². The maximum absolute atomic E-state index is 13.3. The lowest BCUT2D eigenvalue weighted by molar-refractivity contribution is -0.167. The quantitative estimate of drug-likeness (QED) is 0.269. The van der Waals surface area contributed by atoms with Crippen LogP contribution in [0, 0.1) is 0 Å². The molecule has 0 bridgehead atoms. The maximum atomic E-state index is 13.3. The molecule has 4 rings (SSSR count). The van der Waals surface area contributed by atoms with E-state index < -0.39 is 81.3 Å². The van der Waals surface area contributed by atoms with Gasteiger partial charge in [0.15, 0.2) is 0 Å². The number of nitrogens with zero attached hydrogens (tertiary/aromatic N) is 3. The summed E-state index contributed by atoms with van der Waals surface area (Å²) in [6.45, 7) is 6.20. The first-order valence-corrected chi connectivity index (χ1v) is 15.3. The molecule has 0 aromatic heterocycles. The molecule has 0 atom stereocenters. The molecular formula is C30H31ClF12N6O4. The number of rotatable bonds is 4. The van der Waals surface area contributed by atoms with Crippen molar-refractivity contribution in [1.29, 1.82) is 0 Å². The molecule has 2 aliphatic rings. The second-order valence-corrected chi connectivity index (χ2v) is 11.7. The number of amides is 3. The number of carbonyl (C=O) groups is 4. The third kappa shape index (κ3) is 14.3. The van der Waals surface area contributed by atoms with Crippen LogP contribution < -0.4 is 16.0 Å². The van der Waals surface area contributed by atoms with Crippen molar-refractivity contribution < 1.29 is 71.9 Å². The standard InChI is InChI=1S/C15H15F6N3O2.C10H4ClF6NO2.C5H12N2/c1-23-4-6-24(7-5-23)12(25)10-3-2-9(8-11(10)14(16,17)18)22-13(26)15(19,20)21;11-7(19)5-2-1-4(3-6(5)9(12,13)14)18-8(20)10(15,16)17;1-7-4-2-6-3-5-7/h2-3,8H,4-7H2,1H3,(H,22,26);1-3H,(H,18,20);6H,2-5H2,1H3. The zero-order valence-electron chi connectivity index (χ0n) is 27.5. The largest absolute Gasteiger partial charge is 0.471 e. The van der Waals surface area contributed by atoms with Crippen LogP contribution in [0.25, 0.3) is 0 Å². The first-order valence-electron chi connectivity index (χ1n) is 15.0. The van der Waals surface area contributed by atoms with Gasteiger partial charge in [-0.25, -0.2) is 0 Å². The second-order valence-electron chi connectivity index (χ2n) is 11.3. The Balaban J connectivity index is 0.000000316. The van der Waals surface area contributed by atoms with Gasteiger partial charge in [-0.2, -0.15) is 52.7 Å². The molecule has 0 spiro atoms. The van der Waals surface area contributed by atoms with Crippen molar-refractivity contribution in [2.45, 2.75) is 24.7 Å². The van der Waals surface area contributed by atoms with E-state index in [9.17, 15) is 71.9 Å². The molecule has 3 N–H and O–H groups in total. The molecule has 2 saturated heterocycles. The lowest BCUT2D eigenvalue weighted by Gasteiger charge is -2.33. The fourth-order valence-corrected chi connectivity index (χ4v) is 4.60. The summed E-state index contributed by atoms with van der Waals surface area (Å²) in [5, 5.41) is 4.44. The highest BCUT2D eigenvalue weighted by Crippen LogP contribution is 2.36. The van der Waals surface area contributed by atoms with E-state index >= 15 is 0 Å². The SMILES string of the molecule is CN1CCN(C(=O)c2ccc(NC(=O)C(F)(F)F)cc2C(F)(F)F)CC1.CN1CCNCC1.O=C(Cl)c1ccc(NC(=O)C(F)(F)F)cc1C(F)(F)F.